The van der Waals surface area contributed by atoms with Gasteiger partial charge >= 0.3 is 0 Å². The first-order valence-electron chi connectivity index (χ1n) is 11.2. The van der Waals surface area contributed by atoms with Gasteiger partial charge in [0.05, 0.1) is 0 Å². The van der Waals surface area contributed by atoms with E-state index < -0.39 is 0 Å². The second-order valence-corrected chi connectivity index (χ2v) is 9.01. The number of carbonyl (C=O) groups is 2. The Bertz CT molecular complexity index is 1320. The SMILES string of the molecule is CNc1cc(C(=O)NCCc2ccc(-c3ccc(F)cc3)cc2)ccc1Sc1ccccc1C=O. The molecule has 0 unspecified atom stereocenters. The van der Waals surface area contributed by atoms with Gasteiger partial charge in [0.2, 0.25) is 0 Å². The van der Waals surface area contributed by atoms with Crippen LogP contribution in [0.2, 0.25) is 0 Å². The Morgan fingerprint density at radius 1 is 0.886 bits per heavy atom. The van der Waals surface area contributed by atoms with Crippen molar-refractivity contribution in [2.75, 3.05) is 18.9 Å². The van der Waals surface area contributed by atoms with Crippen molar-refractivity contribution in [3.63, 3.8) is 0 Å². The van der Waals surface area contributed by atoms with E-state index in [1.807, 2.05) is 61.6 Å². The highest BCUT2D eigenvalue weighted by Crippen LogP contribution is 2.35. The summed E-state index contributed by atoms with van der Waals surface area (Å²) in [7, 11) is 1.81. The van der Waals surface area contributed by atoms with Crippen LogP contribution < -0.4 is 10.6 Å². The third-order valence-corrected chi connectivity index (χ3v) is 6.78. The summed E-state index contributed by atoms with van der Waals surface area (Å²) < 4.78 is 13.1. The maximum Gasteiger partial charge on any atom is 0.251 e. The number of hydrogen-bond donors (Lipinski definition) is 2. The summed E-state index contributed by atoms with van der Waals surface area (Å²) >= 11 is 1.48. The van der Waals surface area contributed by atoms with E-state index in [1.165, 1.54) is 23.9 Å². The molecule has 4 aromatic rings. The minimum Gasteiger partial charge on any atom is -0.387 e. The van der Waals surface area contributed by atoms with E-state index in [4.69, 9.17) is 0 Å². The highest BCUT2D eigenvalue weighted by atomic mass is 32.2. The summed E-state index contributed by atoms with van der Waals surface area (Å²) in [5, 5.41) is 6.12. The van der Waals surface area contributed by atoms with Crippen LogP contribution in [0, 0.1) is 5.82 Å². The molecule has 0 saturated carbocycles. The van der Waals surface area contributed by atoms with Crippen molar-refractivity contribution in [3.05, 3.63) is 114 Å². The summed E-state index contributed by atoms with van der Waals surface area (Å²) in [6.07, 6.45) is 1.55. The third-order valence-electron chi connectivity index (χ3n) is 5.61. The largest absolute Gasteiger partial charge is 0.387 e. The molecule has 176 valence electrons. The molecule has 1 amide bonds. The van der Waals surface area contributed by atoms with Crippen molar-refractivity contribution in [3.8, 4) is 11.1 Å². The molecule has 35 heavy (non-hydrogen) atoms. The van der Waals surface area contributed by atoms with E-state index in [2.05, 4.69) is 10.6 Å². The number of anilines is 1. The molecule has 0 bridgehead atoms. The van der Waals surface area contributed by atoms with Crippen LogP contribution in [0.1, 0.15) is 26.3 Å². The zero-order valence-corrected chi connectivity index (χ0v) is 20.1. The molecule has 0 heterocycles. The third kappa shape index (κ3) is 6.16. The van der Waals surface area contributed by atoms with Gasteiger partial charge in [-0.1, -0.05) is 66.4 Å². The fourth-order valence-electron chi connectivity index (χ4n) is 3.67. The molecule has 4 rings (SSSR count). The molecule has 0 spiro atoms. The fourth-order valence-corrected chi connectivity index (χ4v) is 4.70. The van der Waals surface area contributed by atoms with Crippen LogP contribution >= 0.6 is 11.8 Å². The van der Waals surface area contributed by atoms with E-state index in [9.17, 15) is 14.0 Å². The van der Waals surface area contributed by atoms with E-state index in [-0.39, 0.29) is 11.7 Å². The zero-order valence-electron chi connectivity index (χ0n) is 19.3. The second-order valence-electron chi connectivity index (χ2n) is 7.93. The quantitative estimate of drug-likeness (QED) is 0.267. The first-order valence-corrected chi connectivity index (χ1v) is 12.1. The van der Waals surface area contributed by atoms with Crippen LogP contribution in [-0.2, 0) is 6.42 Å². The molecule has 0 radical (unpaired) electrons. The van der Waals surface area contributed by atoms with Crippen LogP contribution in [0.4, 0.5) is 10.1 Å². The Morgan fingerprint density at radius 2 is 1.57 bits per heavy atom. The molecule has 0 aliphatic carbocycles. The summed E-state index contributed by atoms with van der Waals surface area (Å²) in [6.45, 7) is 0.507. The minimum atomic E-state index is -0.250. The molecule has 4 nitrogen and oxygen atoms in total. The summed E-state index contributed by atoms with van der Waals surface area (Å²) in [5.74, 6) is -0.395. The Hall–Kier alpha value is -3.90. The van der Waals surface area contributed by atoms with Gasteiger partial charge in [-0.05, 0) is 59.5 Å². The van der Waals surface area contributed by atoms with Gasteiger partial charge < -0.3 is 10.6 Å². The van der Waals surface area contributed by atoms with Gasteiger partial charge in [0.25, 0.3) is 5.91 Å². The number of nitrogens with one attached hydrogen (secondary N) is 2. The molecule has 0 atom stereocenters. The number of hydrogen-bond acceptors (Lipinski definition) is 4. The molecule has 0 aromatic heterocycles. The maximum absolute atomic E-state index is 13.1. The topological polar surface area (TPSA) is 58.2 Å². The van der Waals surface area contributed by atoms with Crippen molar-refractivity contribution in [2.24, 2.45) is 0 Å². The first-order chi connectivity index (χ1) is 17.1. The number of halogens is 1. The van der Waals surface area contributed by atoms with Crippen molar-refractivity contribution < 1.29 is 14.0 Å². The lowest BCUT2D eigenvalue weighted by atomic mass is 10.0. The van der Waals surface area contributed by atoms with Gasteiger partial charge in [-0.3, -0.25) is 9.59 Å². The van der Waals surface area contributed by atoms with E-state index >= 15 is 0 Å². The van der Waals surface area contributed by atoms with E-state index in [0.29, 0.717) is 24.1 Å². The highest BCUT2D eigenvalue weighted by Gasteiger charge is 2.12. The van der Waals surface area contributed by atoms with Crippen molar-refractivity contribution >= 4 is 29.6 Å². The molecule has 6 heteroatoms. The Kier molecular flexibility index (Phi) is 7.95. The lowest BCUT2D eigenvalue weighted by Crippen LogP contribution is -2.25. The Balaban J connectivity index is 1.35. The van der Waals surface area contributed by atoms with Gasteiger partial charge in [0, 0.05) is 40.2 Å². The zero-order chi connectivity index (χ0) is 24.6. The second kappa shape index (κ2) is 11.5. The molecule has 0 aliphatic rings. The lowest BCUT2D eigenvalue weighted by molar-refractivity contribution is 0.0953. The van der Waals surface area contributed by atoms with Gasteiger partial charge in [-0.2, -0.15) is 0 Å². The van der Waals surface area contributed by atoms with Gasteiger partial charge in [-0.15, -0.1) is 0 Å². The van der Waals surface area contributed by atoms with Gasteiger partial charge in [-0.25, -0.2) is 4.39 Å². The lowest BCUT2D eigenvalue weighted by Gasteiger charge is -2.12. The number of rotatable bonds is 9. The summed E-state index contributed by atoms with van der Waals surface area (Å²) in [6, 6.07) is 27.4. The molecular formula is C29H25FN2O2S. The average molecular weight is 485 g/mol. The van der Waals surface area contributed by atoms with Crippen LogP contribution in [0.15, 0.2) is 101 Å². The first kappa shape index (κ1) is 24.2. The number of carbonyl (C=O) groups excluding carboxylic acids is 2. The normalized spacial score (nSPS) is 10.6. The fraction of sp³-hybridized carbons (Fsp3) is 0.103. The predicted octanol–water partition coefficient (Wildman–Crippen LogP) is 6.47. The van der Waals surface area contributed by atoms with Crippen molar-refractivity contribution in [2.45, 2.75) is 16.2 Å². The predicted molar refractivity (Wildman–Crippen MR) is 140 cm³/mol. The molecular weight excluding hydrogens is 459 g/mol. The van der Waals surface area contributed by atoms with Crippen LogP contribution in [0.25, 0.3) is 11.1 Å². The molecule has 4 aromatic carbocycles. The number of aldehydes is 1. The van der Waals surface area contributed by atoms with Crippen molar-refractivity contribution in [1.82, 2.24) is 5.32 Å². The minimum absolute atomic E-state index is 0.144. The monoisotopic (exact) mass is 484 g/mol. The van der Waals surface area contributed by atoms with Gasteiger partial charge in [0.15, 0.2) is 6.29 Å². The molecule has 2 N–H and O–H groups in total. The Morgan fingerprint density at radius 3 is 2.26 bits per heavy atom. The number of benzene rings is 4. The summed E-state index contributed by atoms with van der Waals surface area (Å²) in [5.41, 5.74) is 5.10. The smallest absolute Gasteiger partial charge is 0.251 e. The maximum atomic E-state index is 13.1. The molecule has 0 fully saturated rings. The average Bonchev–Trinajstić information content (AvgIpc) is 2.90. The van der Waals surface area contributed by atoms with Crippen LogP contribution in [-0.4, -0.2) is 25.8 Å². The van der Waals surface area contributed by atoms with Crippen LogP contribution in [0.5, 0.6) is 0 Å². The Labute approximate surface area is 208 Å². The van der Waals surface area contributed by atoms with Crippen LogP contribution in [0.3, 0.4) is 0 Å². The van der Waals surface area contributed by atoms with Crippen molar-refractivity contribution in [1.29, 1.82) is 0 Å². The molecule has 0 aliphatic heterocycles. The standard InChI is InChI=1S/C29H25FN2O2S/c1-31-26-18-23(12-15-28(26)35-27-5-3-2-4-24(27)19-33)29(34)32-17-16-20-6-8-21(9-7-20)22-10-13-25(30)14-11-22/h2-15,18-19,31H,16-17H2,1H3,(H,32,34). The molecule has 0 saturated heterocycles. The van der Waals surface area contributed by atoms with Gasteiger partial charge in [0.1, 0.15) is 5.82 Å². The highest BCUT2D eigenvalue weighted by molar-refractivity contribution is 7.99. The van der Waals surface area contributed by atoms with E-state index in [0.717, 1.165) is 38.5 Å². The summed E-state index contributed by atoms with van der Waals surface area (Å²) in [4.78, 5) is 25.8. The number of amides is 1. The van der Waals surface area contributed by atoms with E-state index in [1.54, 1.807) is 24.3 Å².